The molecular weight excluding hydrogens is 506 g/mol. The summed E-state index contributed by atoms with van der Waals surface area (Å²) in [5.41, 5.74) is 1.36. The molecule has 39 heavy (non-hydrogen) atoms. The predicted molar refractivity (Wildman–Crippen MR) is 143 cm³/mol. The van der Waals surface area contributed by atoms with E-state index in [-0.39, 0.29) is 36.2 Å². The lowest BCUT2D eigenvalue weighted by Crippen LogP contribution is -2.45. The van der Waals surface area contributed by atoms with E-state index in [1.165, 1.54) is 24.3 Å². The molecule has 0 spiro atoms. The Kier molecular flexibility index (Phi) is 8.61. The number of benzene rings is 2. The van der Waals surface area contributed by atoms with Crippen molar-refractivity contribution in [1.29, 1.82) is 0 Å². The number of carboxylic acid groups (broad SMARTS) is 2. The Bertz CT molecular complexity index is 1200. The summed E-state index contributed by atoms with van der Waals surface area (Å²) in [6.07, 6.45) is 0.180. The highest BCUT2D eigenvalue weighted by molar-refractivity contribution is 5.78. The van der Waals surface area contributed by atoms with Crippen molar-refractivity contribution in [3.8, 4) is 11.5 Å². The van der Waals surface area contributed by atoms with Crippen molar-refractivity contribution < 1.29 is 30.0 Å². The topological polar surface area (TPSA) is 184 Å². The van der Waals surface area contributed by atoms with Crippen molar-refractivity contribution >= 4 is 29.8 Å². The number of aliphatic carboxylic acids is 2. The van der Waals surface area contributed by atoms with Crippen LogP contribution in [-0.4, -0.2) is 97.5 Å². The first-order valence-electron chi connectivity index (χ1n) is 12.4. The summed E-state index contributed by atoms with van der Waals surface area (Å²) in [7, 11) is 2.01. The molecular formula is C26H31N7O6. The monoisotopic (exact) mass is 537 g/mol. The van der Waals surface area contributed by atoms with Gasteiger partial charge >= 0.3 is 11.9 Å². The van der Waals surface area contributed by atoms with Crippen LogP contribution in [0.2, 0.25) is 0 Å². The molecule has 3 aromatic rings. The fraction of sp³-hybridized carbons (Fsp3) is 0.346. The molecule has 0 radical (unpaired) electrons. The SMILES string of the molecule is CN1CCN(c2nc(N[C@@H](Cc3ccc(O)cc3)C(=O)O)nc(N[C@@H](Cc3ccc(O)cc3)C(=O)O)n2)CC1. The number of hydrogen-bond acceptors (Lipinski definition) is 11. The van der Waals surface area contributed by atoms with Crippen LogP contribution in [0, 0.1) is 0 Å². The highest BCUT2D eigenvalue weighted by Gasteiger charge is 2.25. The minimum absolute atomic E-state index is 0.0126. The third-order valence-corrected chi connectivity index (χ3v) is 6.36. The number of piperazine rings is 1. The van der Waals surface area contributed by atoms with Gasteiger partial charge in [-0.1, -0.05) is 24.3 Å². The molecule has 0 bridgehead atoms. The number of hydrogen-bond donors (Lipinski definition) is 6. The lowest BCUT2D eigenvalue weighted by Gasteiger charge is -2.32. The molecule has 13 heteroatoms. The number of likely N-dealkylation sites (N-methyl/N-ethyl adjacent to an activating group) is 1. The average molecular weight is 538 g/mol. The van der Waals surface area contributed by atoms with E-state index >= 15 is 0 Å². The van der Waals surface area contributed by atoms with E-state index in [0.29, 0.717) is 30.2 Å². The zero-order chi connectivity index (χ0) is 27.9. The van der Waals surface area contributed by atoms with E-state index in [1.807, 2.05) is 11.9 Å². The number of nitrogens with one attached hydrogen (secondary N) is 2. The summed E-state index contributed by atoms with van der Waals surface area (Å²) in [5, 5.41) is 44.5. The second-order valence-electron chi connectivity index (χ2n) is 9.38. The predicted octanol–water partition coefficient (Wildman–Crippen LogP) is 1.25. The summed E-state index contributed by atoms with van der Waals surface area (Å²) in [4.78, 5) is 41.5. The fourth-order valence-electron chi connectivity index (χ4n) is 4.09. The number of anilines is 3. The van der Waals surface area contributed by atoms with Gasteiger partial charge in [0.1, 0.15) is 23.6 Å². The second-order valence-corrected chi connectivity index (χ2v) is 9.38. The number of aromatic hydroxyl groups is 2. The first-order chi connectivity index (χ1) is 18.7. The lowest BCUT2D eigenvalue weighted by molar-refractivity contribution is -0.138. The molecule has 206 valence electrons. The lowest BCUT2D eigenvalue weighted by atomic mass is 10.1. The molecule has 4 rings (SSSR count). The van der Waals surface area contributed by atoms with Crippen LogP contribution in [0.1, 0.15) is 11.1 Å². The average Bonchev–Trinajstić information content (AvgIpc) is 2.90. The van der Waals surface area contributed by atoms with Gasteiger partial charge in [-0.2, -0.15) is 15.0 Å². The van der Waals surface area contributed by atoms with Crippen LogP contribution in [0.4, 0.5) is 17.8 Å². The van der Waals surface area contributed by atoms with Gasteiger partial charge in [0.2, 0.25) is 17.8 Å². The van der Waals surface area contributed by atoms with Gasteiger partial charge in [0.25, 0.3) is 0 Å². The number of phenolic OH excluding ortho intramolecular Hbond substituents is 2. The highest BCUT2D eigenvalue weighted by atomic mass is 16.4. The Morgan fingerprint density at radius 3 is 1.54 bits per heavy atom. The molecule has 1 saturated heterocycles. The summed E-state index contributed by atoms with van der Waals surface area (Å²) in [5.74, 6) is -1.84. The molecule has 0 aliphatic carbocycles. The largest absolute Gasteiger partial charge is 0.508 e. The Morgan fingerprint density at radius 2 is 1.15 bits per heavy atom. The van der Waals surface area contributed by atoms with Gasteiger partial charge in [-0.15, -0.1) is 0 Å². The number of phenols is 2. The molecule has 2 heterocycles. The maximum Gasteiger partial charge on any atom is 0.326 e. The number of carbonyl (C=O) groups is 2. The van der Waals surface area contributed by atoms with Crippen molar-refractivity contribution in [2.75, 3.05) is 48.8 Å². The number of nitrogens with zero attached hydrogens (tertiary/aromatic N) is 5. The Balaban J connectivity index is 1.61. The summed E-state index contributed by atoms with van der Waals surface area (Å²) in [6.45, 7) is 2.80. The number of carboxylic acids is 2. The van der Waals surface area contributed by atoms with Gasteiger partial charge in [-0.3, -0.25) is 0 Å². The molecule has 6 N–H and O–H groups in total. The minimum atomic E-state index is -1.13. The first-order valence-corrected chi connectivity index (χ1v) is 12.4. The van der Waals surface area contributed by atoms with Crippen LogP contribution in [0.3, 0.4) is 0 Å². The summed E-state index contributed by atoms with van der Waals surface area (Å²) < 4.78 is 0. The van der Waals surface area contributed by atoms with E-state index in [4.69, 9.17) is 0 Å². The zero-order valence-electron chi connectivity index (χ0n) is 21.4. The van der Waals surface area contributed by atoms with E-state index in [2.05, 4.69) is 30.5 Å². The zero-order valence-corrected chi connectivity index (χ0v) is 21.4. The minimum Gasteiger partial charge on any atom is -0.508 e. The van der Waals surface area contributed by atoms with E-state index in [9.17, 15) is 30.0 Å². The van der Waals surface area contributed by atoms with Crippen molar-refractivity contribution in [3.63, 3.8) is 0 Å². The smallest absolute Gasteiger partial charge is 0.326 e. The number of rotatable bonds is 11. The molecule has 2 aromatic carbocycles. The van der Waals surface area contributed by atoms with Crippen molar-refractivity contribution in [1.82, 2.24) is 19.9 Å². The van der Waals surface area contributed by atoms with Gasteiger partial charge < -0.3 is 40.9 Å². The quantitative estimate of drug-likeness (QED) is 0.206. The van der Waals surface area contributed by atoms with Crippen LogP contribution in [0.15, 0.2) is 48.5 Å². The molecule has 1 fully saturated rings. The van der Waals surface area contributed by atoms with E-state index < -0.39 is 24.0 Å². The molecule has 0 saturated carbocycles. The molecule has 1 aliphatic heterocycles. The van der Waals surface area contributed by atoms with Crippen LogP contribution < -0.4 is 15.5 Å². The van der Waals surface area contributed by atoms with Crippen molar-refractivity contribution in [2.24, 2.45) is 0 Å². The number of aromatic nitrogens is 3. The third kappa shape index (κ3) is 7.68. The van der Waals surface area contributed by atoms with E-state index in [0.717, 1.165) is 13.1 Å². The van der Waals surface area contributed by atoms with Crippen LogP contribution in [0.5, 0.6) is 11.5 Å². The van der Waals surface area contributed by atoms with Gasteiger partial charge in [0.15, 0.2) is 0 Å². The third-order valence-electron chi connectivity index (χ3n) is 6.36. The maximum absolute atomic E-state index is 12.1. The highest BCUT2D eigenvalue weighted by Crippen LogP contribution is 2.20. The first kappa shape index (κ1) is 27.4. The summed E-state index contributed by atoms with van der Waals surface area (Å²) in [6, 6.07) is 10.2. The second kappa shape index (κ2) is 12.3. The Morgan fingerprint density at radius 1 is 0.744 bits per heavy atom. The molecule has 13 nitrogen and oxygen atoms in total. The van der Waals surface area contributed by atoms with Crippen LogP contribution in [0.25, 0.3) is 0 Å². The molecule has 2 atom stereocenters. The standard InChI is InChI=1S/C26H31N7O6/c1-32-10-12-33(13-11-32)26-30-24(27-20(22(36)37)14-16-2-6-18(34)7-3-16)29-25(31-26)28-21(23(38)39)15-17-4-8-19(35)9-5-17/h2-9,20-21,34-35H,10-15H2,1H3,(H,36,37)(H,38,39)(H2,27,28,29,30,31)/t20-,21-/m0/s1. The normalized spacial score (nSPS) is 15.4. The molecule has 0 amide bonds. The van der Waals surface area contributed by atoms with Crippen LogP contribution in [-0.2, 0) is 22.4 Å². The van der Waals surface area contributed by atoms with Gasteiger partial charge in [-0.05, 0) is 42.4 Å². The van der Waals surface area contributed by atoms with Crippen LogP contribution >= 0.6 is 0 Å². The van der Waals surface area contributed by atoms with Gasteiger partial charge in [0, 0.05) is 39.0 Å². The van der Waals surface area contributed by atoms with Gasteiger partial charge in [-0.25, -0.2) is 9.59 Å². The Labute approximate surface area is 224 Å². The fourth-order valence-corrected chi connectivity index (χ4v) is 4.09. The molecule has 1 aliphatic rings. The van der Waals surface area contributed by atoms with Crippen molar-refractivity contribution in [2.45, 2.75) is 24.9 Å². The molecule has 1 aromatic heterocycles. The maximum atomic E-state index is 12.1. The molecule has 0 unspecified atom stereocenters. The summed E-state index contributed by atoms with van der Waals surface area (Å²) >= 11 is 0. The van der Waals surface area contributed by atoms with Crippen molar-refractivity contribution in [3.05, 3.63) is 59.7 Å². The van der Waals surface area contributed by atoms with E-state index in [1.54, 1.807) is 24.3 Å². The Hall–Kier alpha value is -4.65. The van der Waals surface area contributed by atoms with Gasteiger partial charge in [0.05, 0.1) is 0 Å².